The van der Waals surface area contributed by atoms with Crippen molar-refractivity contribution in [1.29, 1.82) is 0 Å². The molecule has 0 saturated carbocycles. The molecular formula is C15H18O. The molecule has 1 nitrogen and oxygen atoms in total. The summed E-state index contributed by atoms with van der Waals surface area (Å²) in [5, 5.41) is 9.60. The Labute approximate surface area is 97.4 Å². The van der Waals surface area contributed by atoms with Crippen LogP contribution in [0.1, 0.15) is 25.0 Å². The average molecular weight is 214 g/mol. The molecule has 0 bridgehead atoms. The van der Waals surface area contributed by atoms with Crippen LogP contribution in [0.25, 0.3) is 5.57 Å². The highest BCUT2D eigenvalue weighted by Gasteiger charge is 2.04. The van der Waals surface area contributed by atoms with Gasteiger partial charge in [-0.3, -0.25) is 0 Å². The second-order valence-electron chi connectivity index (χ2n) is 3.76. The molecule has 0 aliphatic carbocycles. The maximum Gasteiger partial charge on any atom is 0.118 e. The fourth-order valence-electron chi connectivity index (χ4n) is 1.56. The Kier molecular flexibility index (Phi) is 4.12. The first-order chi connectivity index (χ1) is 7.60. The van der Waals surface area contributed by atoms with E-state index in [4.69, 9.17) is 0 Å². The molecule has 1 heteroatoms. The molecule has 0 aromatic heterocycles. The van der Waals surface area contributed by atoms with Crippen molar-refractivity contribution in [3.8, 4) is 5.75 Å². The zero-order valence-corrected chi connectivity index (χ0v) is 9.96. The van der Waals surface area contributed by atoms with Crippen LogP contribution in [-0.4, -0.2) is 5.11 Å². The summed E-state index contributed by atoms with van der Waals surface area (Å²) in [7, 11) is 0. The minimum absolute atomic E-state index is 0.351. The van der Waals surface area contributed by atoms with Crippen molar-refractivity contribution in [3.05, 3.63) is 60.2 Å². The van der Waals surface area contributed by atoms with E-state index in [2.05, 4.69) is 13.2 Å². The van der Waals surface area contributed by atoms with E-state index in [9.17, 15) is 5.11 Å². The van der Waals surface area contributed by atoms with Gasteiger partial charge in [0.25, 0.3) is 0 Å². The lowest BCUT2D eigenvalue weighted by Crippen LogP contribution is -1.88. The number of benzene rings is 1. The first-order valence-electron chi connectivity index (χ1n) is 5.41. The highest BCUT2D eigenvalue weighted by molar-refractivity contribution is 5.77. The summed E-state index contributed by atoms with van der Waals surface area (Å²) < 4.78 is 0. The Morgan fingerprint density at radius 2 is 2.12 bits per heavy atom. The largest absolute Gasteiger partial charge is 0.508 e. The molecule has 1 aromatic carbocycles. The van der Waals surface area contributed by atoms with Gasteiger partial charge in [0.1, 0.15) is 5.75 Å². The molecule has 1 N–H and O–H groups in total. The molecule has 0 aliphatic rings. The number of hydrogen-bond donors (Lipinski definition) is 1. The van der Waals surface area contributed by atoms with Crippen LogP contribution in [0.2, 0.25) is 0 Å². The molecule has 0 fully saturated rings. The molecule has 0 amide bonds. The number of phenolic OH excluding ortho intramolecular Hbond substituents is 1. The van der Waals surface area contributed by atoms with Gasteiger partial charge in [-0.15, -0.1) is 0 Å². The van der Waals surface area contributed by atoms with Gasteiger partial charge in [-0.05, 0) is 47.8 Å². The van der Waals surface area contributed by atoms with Crippen LogP contribution in [0.4, 0.5) is 0 Å². The average Bonchev–Trinajstić information content (AvgIpc) is 2.29. The van der Waals surface area contributed by atoms with Gasteiger partial charge < -0.3 is 5.11 Å². The zero-order valence-electron chi connectivity index (χ0n) is 9.96. The van der Waals surface area contributed by atoms with Crippen molar-refractivity contribution in [2.75, 3.05) is 0 Å². The molecule has 0 spiro atoms. The van der Waals surface area contributed by atoms with E-state index < -0.39 is 0 Å². The van der Waals surface area contributed by atoms with Gasteiger partial charge in [0.05, 0.1) is 0 Å². The van der Waals surface area contributed by atoms with Gasteiger partial charge in [0.15, 0.2) is 0 Å². The van der Waals surface area contributed by atoms with Gasteiger partial charge in [-0.1, -0.05) is 38.3 Å². The Hall–Kier alpha value is -1.76. The zero-order chi connectivity index (χ0) is 12.1. The number of phenols is 1. The van der Waals surface area contributed by atoms with Gasteiger partial charge >= 0.3 is 0 Å². The van der Waals surface area contributed by atoms with Crippen LogP contribution in [0, 0.1) is 0 Å². The number of aromatic hydroxyl groups is 1. The second kappa shape index (κ2) is 5.36. The summed E-state index contributed by atoms with van der Waals surface area (Å²) in [6, 6.07) is 5.59. The second-order valence-corrected chi connectivity index (χ2v) is 3.76. The summed E-state index contributed by atoms with van der Waals surface area (Å²) in [6.07, 6.45) is 4.50. The normalized spacial score (nSPS) is 11.2. The third kappa shape index (κ3) is 2.63. The van der Waals surface area contributed by atoms with Crippen molar-refractivity contribution in [2.24, 2.45) is 0 Å². The number of allylic oxidation sites excluding steroid dienone is 4. The highest BCUT2D eigenvalue weighted by Crippen LogP contribution is 2.26. The van der Waals surface area contributed by atoms with Crippen LogP contribution in [-0.2, 0) is 6.42 Å². The first kappa shape index (κ1) is 12.3. The van der Waals surface area contributed by atoms with Crippen LogP contribution in [0.3, 0.4) is 0 Å². The maximum atomic E-state index is 9.60. The summed E-state index contributed by atoms with van der Waals surface area (Å²) in [4.78, 5) is 0. The standard InChI is InChI=1S/C15H18O/c1-5-7-11(3)12(4)14-8-9-15(16)13(6-2)10-14/h5,7-10,16H,1,4,6H2,2-3H3/b11-7+. The minimum atomic E-state index is 0.351. The number of rotatable bonds is 4. The highest BCUT2D eigenvalue weighted by atomic mass is 16.3. The van der Waals surface area contributed by atoms with E-state index in [1.165, 1.54) is 0 Å². The van der Waals surface area contributed by atoms with Crippen molar-refractivity contribution < 1.29 is 5.11 Å². The predicted octanol–water partition coefficient (Wildman–Crippen LogP) is 4.10. The lowest BCUT2D eigenvalue weighted by Gasteiger charge is -2.09. The van der Waals surface area contributed by atoms with Gasteiger partial charge in [0, 0.05) is 0 Å². The third-order valence-corrected chi connectivity index (χ3v) is 2.65. The lowest BCUT2D eigenvalue weighted by molar-refractivity contribution is 0.469. The van der Waals surface area contributed by atoms with Crippen molar-refractivity contribution in [2.45, 2.75) is 20.3 Å². The van der Waals surface area contributed by atoms with Crippen molar-refractivity contribution >= 4 is 5.57 Å². The van der Waals surface area contributed by atoms with E-state index in [1.54, 1.807) is 12.1 Å². The molecular weight excluding hydrogens is 196 g/mol. The predicted molar refractivity (Wildman–Crippen MR) is 70.5 cm³/mol. The quantitative estimate of drug-likeness (QED) is 0.748. The first-order valence-corrected chi connectivity index (χ1v) is 5.41. The fraction of sp³-hybridized carbons (Fsp3) is 0.200. The summed E-state index contributed by atoms with van der Waals surface area (Å²) >= 11 is 0. The molecule has 0 saturated heterocycles. The molecule has 1 rings (SSSR count). The number of hydrogen-bond acceptors (Lipinski definition) is 1. The van der Waals surface area contributed by atoms with Crippen LogP contribution < -0.4 is 0 Å². The van der Waals surface area contributed by atoms with Gasteiger partial charge in [0.2, 0.25) is 0 Å². The molecule has 16 heavy (non-hydrogen) atoms. The van der Waals surface area contributed by atoms with Crippen LogP contribution in [0.5, 0.6) is 5.75 Å². The van der Waals surface area contributed by atoms with Crippen LogP contribution >= 0.6 is 0 Å². The molecule has 0 radical (unpaired) electrons. The lowest BCUT2D eigenvalue weighted by atomic mass is 9.97. The topological polar surface area (TPSA) is 20.2 Å². The van der Waals surface area contributed by atoms with Crippen LogP contribution in [0.15, 0.2) is 49.1 Å². The third-order valence-electron chi connectivity index (χ3n) is 2.65. The monoisotopic (exact) mass is 214 g/mol. The molecule has 0 heterocycles. The van der Waals surface area contributed by atoms with E-state index in [0.29, 0.717) is 5.75 Å². The minimum Gasteiger partial charge on any atom is -0.508 e. The molecule has 0 aliphatic heterocycles. The summed E-state index contributed by atoms with van der Waals surface area (Å²) in [5.74, 6) is 0.351. The maximum absolute atomic E-state index is 9.60. The Morgan fingerprint density at radius 3 is 2.69 bits per heavy atom. The van der Waals surface area contributed by atoms with Gasteiger partial charge in [-0.2, -0.15) is 0 Å². The molecule has 1 aromatic rings. The molecule has 84 valence electrons. The summed E-state index contributed by atoms with van der Waals surface area (Å²) in [5.41, 5.74) is 4.05. The van der Waals surface area contributed by atoms with E-state index in [-0.39, 0.29) is 0 Å². The van der Waals surface area contributed by atoms with E-state index >= 15 is 0 Å². The van der Waals surface area contributed by atoms with Gasteiger partial charge in [-0.25, -0.2) is 0 Å². The van der Waals surface area contributed by atoms with Crippen molar-refractivity contribution in [1.82, 2.24) is 0 Å². The van der Waals surface area contributed by atoms with E-state index in [0.717, 1.165) is 28.7 Å². The fourth-order valence-corrected chi connectivity index (χ4v) is 1.56. The Balaban J connectivity index is 3.10. The summed E-state index contributed by atoms with van der Waals surface area (Å²) in [6.45, 7) is 11.7. The Morgan fingerprint density at radius 1 is 1.44 bits per heavy atom. The SMILES string of the molecule is C=C/C=C(\C)C(=C)c1ccc(O)c(CC)c1. The molecule has 0 atom stereocenters. The Bertz CT molecular complexity index is 439. The molecule has 0 unspecified atom stereocenters. The smallest absolute Gasteiger partial charge is 0.118 e. The van der Waals surface area contributed by atoms with Crippen molar-refractivity contribution in [3.63, 3.8) is 0 Å². The number of aryl methyl sites for hydroxylation is 1. The van der Waals surface area contributed by atoms with E-state index in [1.807, 2.05) is 32.1 Å².